The van der Waals surface area contributed by atoms with Crippen molar-refractivity contribution in [3.8, 4) is 0 Å². The summed E-state index contributed by atoms with van der Waals surface area (Å²) in [6.45, 7) is 5.98. The van der Waals surface area contributed by atoms with Crippen molar-refractivity contribution < 1.29 is 4.74 Å². The van der Waals surface area contributed by atoms with Crippen LogP contribution in [-0.2, 0) is 4.74 Å². The largest absolute Gasteiger partial charge is 0.375 e. The predicted molar refractivity (Wildman–Crippen MR) is 66.5 cm³/mol. The summed E-state index contributed by atoms with van der Waals surface area (Å²) in [4.78, 5) is 2.56. The maximum Gasteiger partial charge on any atom is 0.0644 e. The molecular weight excluding hydrogens is 200 g/mol. The monoisotopic (exact) mass is 226 g/mol. The lowest BCUT2D eigenvalue weighted by molar-refractivity contribution is -0.126. The normalized spacial score (nSPS) is 35.1. The lowest BCUT2D eigenvalue weighted by Gasteiger charge is -2.53. The van der Waals surface area contributed by atoms with Gasteiger partial charge in [-0.05, 0) is 46.6 Å². The Bertz CT molecular complexity index is 250. The van der Waals surface area contributed by atoms with E-state index in [1.807, 2.05) is 0 Å². The Hall–Kier alpha value is -0.120. The zero-order valence-electron chi connectivity index (χ0n) is 11.0. The molecule has 0 aromatic carbocycles. The third-order valence-electron chi connectivity index (χ3n) is 4.57. The van der Waals surface area contributed by atoms with Crippen LogP contribution in [0.3, 0.4) is 0 Å². The van der Waals surface area contributed by atoms with Gasteiger partial charge in [0, 0.05) is 24.7 Å². The van der Waals surface area contributed by atoms with E-state index in [0.29, 0.717) is 0 Å². The fourth-order valence-electron chi connectivity index (χ4n) is 3.23. The van der Waals surface area contributed by atoms with Gasteiger partial charge in [0.2, 0.25) is 0 Å². The van der Waals surface area contributed by atoms with Gasteiger partial charge in [-0.25, -0.2) is 0 Å². The van der Waals surface area contributed by atoms with Crippen molar-refractivity contribution in [2.24, 2.45) is 5.73 Å². The van der Waals surface area contributed by atoms with E-state index < -0.39 is 0 Å². The summed E-state index contributed by atoms with van der Waals surface area (Å²) in [7, 11) is 2.26. The first-order valence-corrected chi connectivity index (χ1v) is 6.56. The average Bonchev–Trinajstić information content (AvgIpc) is 2.13. The van der Waals surface area contributed by atoms with E-state index >= 15 is 0 Å². The van der Waals surface area contributed by atoms with Crippen LogP contribution in [0.1, 0.15) is 46.0 Å². The van der Waals surface area contributed by atoms with Gasteiger partial charge in [0.1, 0.15) is 0 Å². The average molecular weight is 226 g/mol. The SMILES string of the molecule is CN(C1CCC1)C1(CN)CCOC(C)(C)C1. The first kappa shape index (κ1) is 12.3. The Morgan fingerprint density at radius 1 is 1.38 bits per heavy atom. The van der Waals surface area contributed by atoms with Gasteiger partial charge in [-0.1, -0.05) is 6.42 Å². The minimum atomic E-state index is -0.0182. The van der Waals surface area contributed by atoms with Gasteiger partial charge in [0.15, 0.2) is 0 Å². The zero-order valence-corrected chi connectivity index (χ0v) is 11.0. The molecule has 1 unspecified atom stereocenters. The van der Waals surface area contributed by atoms with Gasteiger partial charge in [0.25, 0.3) is 0 Å². The lowest BCUT2D eigenvalue weighted by Crippen LogP contribution is -2.62. The molecule has 1 heterocycles. The quantitative estimate of drug-likeness (QED) is 0.797. The molecule has 3 heteroatoms. The summed E-state index contributed by atoms with van der Waals surface area (Å²) in [5, 5.41) is 0. The molecule has 0 amide bonds. The van der Waals surface area contributed by atoms with Crippen molar-refractivity contribution in [3.05, 3.63) is 0 Å². The first-order chi connectivity index (χ1) is 7.49. The van der Waals surface area contributed by atoms with Crippen LogP contribution in [0.5, 0.6) is 0 Å². The number of likely N-dealkylation sites (N-methyl/N-ethyl adjacent to an activating group) is 1. The van der Waals surface area contributed by atoms with Crippen LogP contribution in [0.25, 0.3) is 0 Å². The molecular formula is C13H26N2O. The van der Waals surface area contributed by atoms with Gasteiger partial charge in [-0.3, -0.25) is 4.90 Å². The highest BCUT2D eigenvalue weighted by Gasteiger charge is 2.45. The van der Waals surface area contributed by atoms with Crippen LogP contribution in [0.15, 0.2) is 0 Å². The zero-order chi connectivity index (χ0) is 11.8. The molecule has 0 spiro atoms. The molecule has 0 bridgehead atoms. The molecule has 2 fully saturated rings. The van der Waals surface area contributed by atoms with Crippen LogP contribution < -0.4 is 5.73 Å². The summed E-state index contributed by atoms with van der Waals surface area (Å²) in [6.07, 6.45) is 6.22. The second-order valence-corrected chi connectivity index (χ2v) is 6.16. The van der Waals surface area contributed by atoms with Crippen LogP contribution in [0, 0.1) is 0 Å². The van der Waals surface area contributed by atoms with E-state index in [1.165, 1.54) is 19.3 Å². The van der Waals surface area contributed by atoms with Gasteiger partial charge in [-0.15, -0.1) is 0 Å². The van der Waals surface area contributed by atoms with Gasteiger partial charge < -0.3 is 10.5 Å². The van der Waals surface area contributed by atoms with Crippen molar-refractivity contribution in [3.63, 3.8) is 0 Å². The van der Waals surface area contributed by atoms with E-state index in [9.17, 15) is 0 Å². The van der Waals surface area contributed by atoms with Crippen molar-refractivity contribution in [1.29, 1.82) is 0 Å². The Morgan fingerprint density at radius 3 is 2.50 bits per heavy atom. The molecule has 94 valence electrons. The van der Waals surface area contributed by atoms with E-state index in [1.54, 1.807) is 0 Å². The van der Waals surface area contributed by atoms with Crippen LogP contribution in [0.2, 0.25) is 0 Å². The molecule has 1 saturated heterocycles. The Labute approximate surface area is 99.3 Å². The number of nitrogens with two attached hydrogens (primary N) is 1. The van der Waals surface area contributed by atoms with E-state index in [4.69, 9.17) is 10.5 Å². The molecule has 3 nitrogen and oxygen atoms in total. The minimum Gasteiger partial charge on any atom is -0.375 e. The molecule has 0 aromatic heterocycles. The van der Waals surface area contributed by atoms with E-state index in [0.717, 1.165) is 32.0 Å². The van der Waals surface area contributed by atoms with Crippen molar-refractivity contribution in [1.82, 2.24) is 4.90 Å². The molecule has 1 atom stereocenters. The summed E-state index contributed by atoms with van der Waals surface area (Å²) in [6, 6.07) is 0.762. The highest BCUT2D eigenvalue weighted by atomic mass is 16.5. The lowest BCUT2D eigenvalue weighted by atomic mass is 9.77. The number of hydrogen-bond acceptors (Lipinski definition) is 3. The number of ether oxygens (including phenoxy) is 1. The molecule has 0 aromatic rings. The maximum atomic E-state index is 6.08. The second kappa shape index (κ2) is 4.28. The smallest absolute Gasteiger partial charge is 0.0644 e. The molecule has 2 aliphatic rings. The molecule has 2 rings (SSSR count). The predicted octanol–water partition coefficient (Wildman–Crippen LogP) is 1.76. The van der Waals surface area contributed by atoms with E-state index in [-0.39, 0.29) is 11.1 Å². The second-order valence-electron chi connectivity index (χ2n) is 6.16. The summed E-state index contributed by atoms with van der Waals surface area (Å²) in [5.41, 5.74) is 6.23. The number of hydrogen-bond donors (Lipinski definition) is 1. The fraction of sp³-hybridized carbons (Fsp3) is 1.00. The summed E-state index contributed by atoms with van der Waals surface area (Å²) in [5.74, 6) is 0. The van der Waals surface area contributed by atoms with Gasteiger partial charge in [0.05, 0.1) is 5.60 Å². The maximum absolute atomic E-state index is 6.08. The van der Waals surface area contributed by atoms with Gasteiger partial charge in [-0.2, -0.15) is 0 Å². The van der Waals surface area contributed by atoms with Crippen LogP contribution >= 0.6 is 0 Å². The van der Waals surface area contributed by atoms with Crippen LogP contribution in [-0.4, -0.2) is 42.3 Å². The third-order valence-corrected chi connectivity index (χ3v) is 4.57. The molecule has 1 saturated carbocycles. The molecule has 16 heavy (non-hydrogen) atoms. The topological polar surface area (TPSA) is 38.5 Å². The van der Waals surface area contributed by atoms with Crippen molar-refractivity contribution in [2.45, 2.75) is 63.1 Å². The summed E-state index contributed by atoms with van der Waals surface area (Å²) < 4.78 is 5.82. The Balaban J connectivity index is 2.10. The molecule has 0 radical (unpaired) electrons. The minimum absolute atomic E-state index is 0.0182. The highest BCUT2D eigenvalue weighted by molar-refractivity contribution is 5.01. The summed E-state index contributed by atoms with van der Waals surface area (Å²) >= 11 is 0. The van der Waals surface area contributed by atoms with E-state index in [2.05, 4.69) is 25.8 Å². The first-order valence-electron chi connectivity index (χ1n) is 6.56. The molecule has 1 aliphatic heterocycles. The van der Waals surface area contributed by atoms with Gasteiger partial charge >= 0.3 is 0 Å². The number of rotatable bonds is 3. The Morgan fingerprint density at radius 2 is 2.06 bits per heavy atom. The third kappa shape index (κ3) is 2.13. The Kier molecular flexibility index (Phi) is 3.30. The molecule has 2 N–H and O–H groups in total. The van der Waals surface area contributed by atoms with Crippen molar-refractivity contribution in [2.75, 3.05) is 20.2 Å². The van der Waals surface area contributed by atoms with Crippen molar-refractivity contribution >= 4 is 0 Å². The number of nitrogens with zero attached hydrogens (tertiary/aromatic N) is 1. The fourth-order valence-corrected chi connectivity index (χ4v) is 3.23. The van der Waals surface area contributed by atoms with Crippen LogP contribution in [0.4, 0.5) is 0 Å². The highest BCUT2D eigenvalue weighted by Crippen LogP contribution is 2.39. The molecule has 1 aliphatic carbocycles. The standard InChI is InChI=1S/C13H26N2O/c1-12(2)9-13(10-14,7-8-16-12)15(3)11-5-4-6-11/h11H,4-10,14H2,1-3H3.